The van der Waals surface area contributed by atoms with Crippen molar-refractivity contribution < 1.29 is 42.3 Å². The van der Waals surface area contributed by atoms with E-state index in [4.69, 9.17) is 27.2 Å². The number of rotatable bonds is 9. The Morgan fingerprint density at radius 2 is 1.85 bits per heavy atom. The van der Waals surface area contributed by atoms with Gasteiger partial charge in [0.25, 0.3) is 0 Å². The van der Waals surface area contributed by atoms with Gasteiger partial charge >= 0.3 is 12.1 Å². The van der Waals surface area contributed by atoms with Gasteiger partial charge in [0, 0.05) is 19.6 Å². The van der Waals surface area contributed by atoms with Gasteiger partial charge in [-0.1, -0.05) is 13.8 Å². The number of carbonyl (C=O) groups excluding carboxylic acids is 4. The summed E-state index contributed by atoms with van der Waals surface area (Å²) >= 11 is 5.70. The molecule has 0 aromatic carbocycles. The number of aliphatic carboxylic acids is 1. The summed E-state index contributed by atoms with van der Waals surface area (Å²) in [6.07, 6.45) is -3.44. The highest BCUT2D eigenvalue weighted by atomic mass is 35.5. The summed E-state index contributed by atoms with van der Waals surface area (Å²) in [5.74, 6) is -4.11. The van der Waals surface area contributed by atoms with Crippen LogP contribution in [0.3, 0.4) is 0 Å². The van der Waals surface area contributed by atoms with Gasteiger partial charge in [0.05, 0.1) is 24.5 Å². The second kappa shape index (κ2) is 12.9. The second-order valence-corrected chi connectivity index (χ2v) is 8.79. The normalized spacial score (nSPS) is 21.1. The molecule has 2 heterocycles. The lowest BCUT2D eigenvalue weighted by atomic mass is 9.98. The molecule has 14 heteroatoms. The van der Waals surface area contributed by atoms with Gasteiger partial charge in [-0.15, -0.1) is 11.6 Å². The van der Waals surface area contributed by atoms with Crippen molar-refractivity contribution in [3.8, 4) is 0 Å². The van der Waals surface area contributed by atoms with E-state index in [1.165, 1.54) is 4.90 Å². The van der Waals surface area contributed by atoms with Crippen LogP contribution in [0.1, 0.15) is 33.1 Å². The van der Waals surface area contributed by atoms with Gasteiger partial charge in [-0.2, -0.15) is 13.2 Å². The van der Waals surface area contributed by atoms with Crippen LogP contribution in [0, 0.1) is 11.8 Å². The highest BCUT2D eigenvalue weighted by Crippen LogP contribution is 2.21. The highest BCUT2D eigenvalue weighted by molar-refractivity contribution is 6.27. The van der Waals surface area contributed by atoms with E-state index in [2.05, 4.69) is 5.32 Å². The van der Waals surface area contributed by atoms with E-state index in [0.29, 0.717) is 32.4 Å². The van der Waals surface area contributed by atoms with Crippen molar-refractivity contribution in [1.29, 1.82) is 0 Å². The van der Waals surface area contributed by atoms with Crippen LogP contribution in [-0.2, 0) is 24.0 Å². The molecule has 2 saturated heterocycles. The van der Waals surface area contributed by atoms with Crippen molar-refractivity contribution in [2.24, 2.45) is 17.6 Å². The molecule has 2 aliphatic rings. The van der Waals surface area contributed by atoms with Gasteiger partial charge in [0.1, 0.15) is 5.88 Å². The first-order valence-electron chi connectivity index (χ1n) is 10.7. The van der Waals surface area contributed by atoms with E-state index >= 15 is 0 Å². The third-order valence-electron chi connectivity index (χ3n) is 5.38. The van der Waals surface area contributed by atoms with Crippen LogP contribution in [0.25, 0.3) is 0 Å². The van der Waals surface area contributed by atoms with Crippen molar-refractivity contribution in [3.63, 3.8) is 0 Å². The summed E-state index contributed by atoms with van der Waals surface area (Å²) in [6.45, 7) is 4.96. The number of likely N-dealkylation sites (tertiary alicyclic amines) is 1. The Hall–Kier alpha value is -2.41. The molecule has 0 bridgehead atoms. The second-order valence-electron chi connectivity index (χ2n) is 8.53. The fourth-order valence-electron chi connectivity index (χ4n) is 3.63. The summed E-state index contributed by atoms with van der Waals surface area (Å²) in [4.78, 5) is 61.2. The van der Waals surface area contributed by atoms with E-state index in [-0.39, 0.29) is 48.4 Å². The Morgan fingerprint density at radius 1 is 1.26 bits per heavy atom. The topological polar surface area (TPSA) is 150 Å². The van der Waals surface area contributed by atoms with E-state index in [1.807, 2.05) is 13.8 Å². The largest absolute Gasteiger partial charge is 0.490 e. The van der Waals surface area contributed by atoms with E-state index in [1.54, 1.807) is 4.90 Å². The Kier molecular flexibility index (Phi) is 11.2. The zero-order valence-electron chi connectivity index (χ0n) is 18.9. The maximum Gasteiger partial charge on any atom is 0.490 e. The number of nitrogens with two attached hydrogens (primary N) is 1. The number of carbonyl (C=O) groups is 5. The van der Waals surface area contributed by atoms with Gasteiger partial charge in [0.2, 0.25) is 17.7 Å². The molecule has 3 amide bonds. The zero-order chi connectivity index (χ0) is 26.2. The first kappa shape index (κ1) is 29.6. The van der Waals surface area contributed by atoms with E-state index < -0.39 is 30.1 Å². The Balaban J connectivity index is 0.000000718. The first-order valence-corrected chi connectivity index (χ1v) is 11.2. The minimum Gasteiger partial charge on any atom is -0.475 e. The summed E-state index contributed by atoms with van der Waals surface area (Å²) in [7, 11) is 0. The van der Waals surface area contributed by atoms with Crippen LogP contribution >= 0.6 is 11.6 Å². The molecule has 2 fully saturated rings. The zero-order valence-corrected chi connectivity index (χ0v) is 19.7. The van der Waals surface area contributed by atoms with Crippen LogP contribution in [0.2, 0.25) is 0 Å². The van der Waals surface area contributed by atoms with E-state index in [0.717, 1.165) is 0 Å². The molecule has 0 spiro atoms. The van der Waals surface area contributed by atoms with Crippen LogP contribution in [0.4, 0.5) is 13.2 Å². The van der Waals surface area contributed by atoms with Crippen molar-refractivity contribution in [3.05, 3.63) is 0 Å². The molecule has 194 valence electrons. The molecule has 0 aliphatic carbocycles. The Labute approximate surface area is 199 Å². The first-order chi connectivity index (χ1) is 15.7. The smallest absolute Gasteiger partial charge is 0.475 e. The van der Waals surface area contributed by atoms with Crippen LogP contribution in [0.15, 0.2) is 0 Å². The predicted octanol–water partition coefficient (Wildman–Crippen LogP) is 0.367. The fraction of sp³-hybridized carbons (Fsp3) is 0.750. The van der Waals surface area contributed by atoms with Gasteiger partial charge in [-0.3, -0.25) is 19.2 Å². The van der Waals surface area contributed by atoms with Crippen molar-refractivity contribution >= 4 is 41.1 Å². The van der Waals surface area contributed by atoms with Crippen molar-refractivity contribution in [1.82, 2.24) is 15.1 Å². The minimum absolute atomic E-state index is 0.116. The number of halogens is 4. The fourth-order valence-corrected chi connectivity index (χ4v) is 3.80. The molecule has 2 aliphatic heterocycles. The van der Waals surface area contributed by atoms with Crippen LogP contribution in [-0.4, -0.2) is 94.7 Å². The summed E-state index contributed by atoms with van der Waals surface area (Å²) in [6, 6.07) is -1.19. The third-order valence-corrected chi connectivity index (χ3v) is 5.61. The van der Waals surface area contributed by atoms with Gasteiger partial charge in [-0.05, 0) is 25.2 Å². The molecule has 2 rings (SSSR count). The molecule has 0 radical (unpaired) electrons. The summed E-state index contributed by atoms with van der Waals surface area (Å²) < 4.78 is 31.7. The van der Waals surface area contributed by atoms with Gasteiger partial charge < -0.3 is 26.0 Å². The number of nitrogens with one attached hydrogen (secondary N) is 1. The van der Waals surface area contributed by atoms with Crippen LogP contribution in [0.5, 0.6) is 0 Å². The lowest BCUT2D eigenvalue weighted by Gasteiger charge is -2.31. The third kappa shape index (κ3) is 8.75. The molecule has 0 aromatic rings. The van der Waals surface area contributed by atoms with Gasteiger partial charge in [-0.25, -0.2) is 4.79 Å². The quantitative estimate of drug-likeness (QED) is 0.376. The number of Topliss-reactive ketones (excluding diaryl/α,β-unsaturated/α-hetero) is 1. The molecule has 0 saturated carbocycles. The number of nitrogens with zero attached hydrogens (tertiary/aromatic N) is 2. The van der Waals surface area contributed by atoms with Gasteiger partial charge in [0.15, 0.2) is 5.78 Å². The Bertz CT molecular complexity index is 780. The number of hydrogen-bond donors (Lipinski definition) is 3. The number of ketones is 1. The molecule has 10 nitrogen and oxygen atoms in total. The number of amides is 3. The number of hydrogen-bond acceptors (Lipinski definition) is 6. The average molecular weight is 515 g/mol. The van der Waals surface area contributed by atoms with Crippen molar-refractivity contribution in [2.75, 3.05) is 32.1 Å². The molecule has 0 unspecified atom stereocenters. The molecular formula is C20H30ClF3N4O6. The molecule has 34 heavy (non-hydrogen) atoms. The maximum absolute atomic E-state index is 13.0. The standard InChI is InChI=1S/C18H29ClN4O4.C2HF3O2/c1-11(2)7-14(23-6-4-13(20)18(23)27)15(24)10-22(16(25)8-19)9-12-3-5-21-17(12)26;3-2(4,5)1(6)7/h11-14H,3-10,20H2,1-2H3,(H,21,26);(H,6,7)/t12-,13-,14-;/m0./s1. The lowest BCUT2D eigenvalue weighted by molar-refractivity contribution is -0.192. The highest BCUT2D eigenvalue weighted by Gasteiger charge is 2.39. The Morgan fingerprint density at radius 3 is 2.24 bits per heavy atom. The van der Waals surface area contributed by atoms with Crippen molar-refractivity contribution in [2.45, 2.75) is 51.4 Å². The molecule has 3 atom stereocenters. The monoisotopic (exact) mass is 514 g/mol. The molecule has 4 N–H and O–H groups in total. The predicted molar refractivity (Wildman–Crippen MR) is 115 cm³/mol. The van der Waals surface area contributed by atoms with Crippen LogP contribution < -0.4 is 11.1 Å². The molecular weight excluding hydrogens is 485 g/mol. The van der Waals surface area contributed by atoms with E-state index in [9.17, 15) is 32.3 Å². The number of carboxylic acid groups (broad SMARTS) is 1. The maximum atomic E-state index is 13.0. The lowest BCUT2D eigenvalue weighted by Crippen LogP contribution is -2.50. The SMILES string of the molecule is CC(C)C[C@@H](C(=O)CN(C[C@@H]1CCNC1=O)C(=O)CCl)N1CC[C@H](N)C1=O.O=C(O)C(F)(F)F. The number of carboxylic acids is 1. The summed E-state index contributed by atoms with van der Waals surface area (Å²) in [5, 5.41) is 9.85. The minimum atomic E-state index is -5.08. The average Bonchev–Trinajstić information content (AvgIpc) is 3.29. The molecule has 0 aromatic heterocycles. The summed E-state index contributed by atoms with van der Waals surface area (Å²) in [5.41, 5.74) is 5.80. The number of alkyl halides is 4.